The van der Waals surface area contributed by atoms with Crippen LogP contribution in [-0.2, 0) is 6.54 Å². The minimum atomic E-state index is 0.0867. The summed E-state index contributed by atoms with van der Waals surface area (Å²) in [5, 5.41) is 8.90. The zero-order chi connectivity index (χ0) is 9.97. The minimum absolute atomic E-state index is 0.0867. The summed E-state index contributed by atoms with van der Waals surface area (Å²) in [5.74, 6) is 0. The van der Waals surface area contributed by atoms with Crippen molar-refractivity contribution in [2.75, 3.05) is 6.54 Å². The Kier molecular flexibility index (Phi) is 2.90. The van der Waals surface area contributed by atoms with Crippen LogP contribution >= 0.6 is 15.9 Å². The van der Waals surface area contributed by atoms with Crippen LogP contribution in [0.5, 0.6) is 0 Å². The highest BCUT2D eigenvalue weighted by Crippen LogP contribution is 2.21. The Morgan fingerprint density at radius 1 is 1.71 bits per heavy atom. The fraction of sp³-hybridized carbons (Fsp3) is 0.500. The van der Waals surface area contributed by atoms with E-state index in [2.05, 4.69) is 26.9 Å². The van der Waals surface area contributed by atoms with Crippen LogP contribution in [0.25, 0.3) is 0 Å². The molecule has 1 unspecified atom stereocenters. The monoisotopic (exact) mass is 254 g/mol. The number of hydrogen-bond donors (Lipinski definition) is 0. The number of hydrogen-bond acceptors (Lipinski definition) is 3. The van der Waals surface area contributed by atoms with E-state index in [4.69, 9.17) is 9.68 Å². The van der Waals surface area contributed by atoms with Crippen LogP contribution in [0.1, 0.15) is 18.4 Å². The van der Waals surface area contributed by atoms with Gasteiger partial charge in [0.15, 0.2) is 4.67 Å². The molecule has 2 heterocycles. The van der Waals surface area contributed by atoms with Gasteiger partial charge in [0, 0.05) is 12.1 Å². The van der Waals surface area contributed by atoms with Gasteiger partial charge in [-0.25, -0.2) is 0 Å². The zero-order valence-corrected chi connectivity index (χ0v) is 9.33. The van der Waals surface area contributed by atoms with Gasteiger partial charge in [-0.2, -0.15) is 5.26 Å². The van der Waals surface area contributed by atoms with E-state index in [-0.39, 0.29) is 6.04 Å². The maximum absolute atomic E-state index is 8.90. The average molecular weight is 255 g/mol. The van der Waals surface area contributed by atoms with Crippen molar-refractivity contribution < 1.29 is 4.42 Å². The quantitative estimate of drug-likeness (QED) is 0.815. The summed E-state index contributed by atoms with van der Waals surface area (Å²) in [7, 11) is 0. The Bertz CT molecular complexity index is 355. The largest absolute Gasteiger partial charge is 0.457 e. The lowest BCUT2D eigenvalue weighted by Gasteiger charge is -2.17. The molecule has 0 N–H and O–H groups in total. The van der Waals surface area contributed by atoms with Crippen molar-refractivity contribution in [1.82, 2.24) is 4.90 Å². The second-order valence-corrected chi connectivity index (χ2v) is 4.30. The highest BCUT2D eigenvalue weighted by atomic mass is 79.9. The molecule has 2 rings (SSSR count). The Morgan fingerprint density at radius 2 is 2.57 bits per heavy atom. The minimum Gasteiger partial charge on any atom is -0.457 e. The fourth-order valence-electron chi connectivity index (χ4n) is 1.82. The molecule has 0 aliphatic carbocycles. The van der Waals surface area contributed by atoms with Crippen molar-refractivity contribution >= 4 is 15.9 Å². The number of nitriles is 1. The van der Waals surface area contributed by atoms with Gasteiger partial charge in [-0.15, -0.1) is 0 Å². The van der Waals surface area contributed by atoms with Crippen molar-refractivity contribution in [1.29, 1.82) is 5.26 Å². The normalized spacial score (nSPS) is 22.4. The predicted molar refractivity (Wildman–Crippen MR) is 55.5 cm³/mol. The summed E-state index contributed by atoms with van der Waals surface area (Å²) in [5.41, 5.74) is 1.12. The molecule has 1 aliphatic rings. The van der Waals surface area contributed by atoms with Gasteiger partial charge in [-0.05, 0) is 41.4 Å². The van der Waals surface area contributed by atoms with E-state index in [1.165, 1.54) is 0 Å². The first-order chi connectivity index (χ1) is 6.79. The molecule has 0 saturated carbocycles. The molecule has 1 atom stereocenters. The van der Waals surface area contributed by atoms with Crippen LogP contribution in [-0.4, -0.2) is 17.5 Å². The SMILES string of the molecule is N#CC1CCCN1Cc1coc(Br)c1. The molecule has 1 aromatic heterocycles. The molecular weight excluding hydrogens is 244 g/mol. The number of rotatable bonds is 2. The summed E-state index contributed by atoms with van der Waals surface area (Å²) in [6.45, 7) is 1.83. The molecule has 0 bridgehead atoms. The summed E-state index contributed by atoms with van der Waals surface area (Å²) < 4.78 is 5.90. The number of halogens is 1. The first-order valence-electron chi connectivity index (χ1n) is 4.66. The number of furan rings is 1. The van der Waals surface area contributed by atoms with E-state index in [0.717, 1.165) is 36.2 Å². The fourth-order valence-corrected chi connectivity index (χ4v) is 2.21. The molecular formula is C10H11BrN2O. The molecule has 3 nitrogen and oxygen atoms in total. The van der Waals surface area contributed by atoms with Crippen LogP contribution in [0, 0.1) is 11.3 Å². The van der Waals surface area contributed by atoms with Crippen molar-refractivity contribution in [3.8, 4) is 6.07 Å². The van der Waals surface area contributed by atoms with Gasteiger partial charge in [-0.1, -0.05) is 0 Å². The zero-order valence-electron chi connectivity index (χ0n) is 7.74. The maximum Gasteiger partial charge on any atom is 0.169 e. The summed E-state index contributed by atoms with van der Waals surface area (Å²) in [6.07, 6.45) is 3.85. The van der Waals surface area contributed by atoms with Gasteiger partial charge >= 0.3 is 0 Å². The molecule has 14 heavy (non-hydrogen) atoms. The van der Waals surface area contributed by atoms with Gasteiger partial charge in [0.1, 0.15) is 0 Å². The van der Waals surface area contributed by atoms with E-state index < -0.39 is 0 Å². The van der Waals surface area contributed by atoms with Crippen molar-refractivity contribution in [2.45, 2.75) is 25.4 Å². The highest BCUT2D eigenvalue weighted by molar-refractivity contribution is 9.10. The molecule has 1 aliphatic heterocycles. The van der Waals surface area contributed by atoms with E-state index in [0.29, 0.717) is 0 Å². The van der Waals surface area contributed by atoms with Gasteiger partial charge in [-0.3, -0.25) is 4.90 Å². The molecule has 1 saturated heterocycles. The first kappa shape index (κ1) is 9.75. The molecule has 74 valence electrons. The lowest BCUT2D eigenvalue weighted by molar-refractivity contribution is 0.285. The van der Waals surface area contributed by atoms with Crippen molar-refractivity contribution in [3.05, 3.63) is 22.6 Å². The third-order valence-corrected chi connectivity index (χ3v) is 2.94. The van der Waals surface area contributed by atoms with E-state index in [1.54, 1.807) is 6.26 Å². The first-order valence-corrected chi connectivity index (χ1v) is 5.45. The molecule has 1 aromatic rings. The van der Waals surface area contributed by atoms with Crippen LogP contribution in [0.4, 0.5) is 0 Å². The van der Waals surface area contributed by atoms with Gasteiger partial charge in [0.05, 0.1) is 18.4 Å². The van der Waals surface area contributed by atoms with E-state index in [1.807, 2.05) is 6.07 Å². The Hall–Kier alpha value is -0.790. The Labute approximate surface area is 91.4 Å². The molecule has 0 spiro atoms. The molecule has 0 radical (unpaired) electrons. The maximum atomic E-state index is 8.90. The smallest absolute Gasteiger partial charge is 0.169 e. The summed E-state index contributed by atoms with van der Waals surface area (Å²) >= 11 is 3.26. The standard InChI is InChI=1S/C10H11BrN2O/c11-10-4-8(7-14-10)6-13-3-1-2-9(13)5-12/h4,7,9H,1-3,6H2. The predicted octanol–water partition coefficient (Wildman–Crippen LogP) is 2.53. The lowest BCUT2D eigenvalue weighted by atomic mass is 10.2. The third-order valence-electron chi connectivity index (χ3n) is 2.52. The average Bonchev–Trinajstić information content (AvgIpc) is 2.76. The summed E-state index contributed by atoms with van der Waals surface area (Å²) in [6, 6.07) is 4.36. The second-order valence-electron chi connectivity index (χ2n) is 3.52. The van der Waals surface area contributed by atoms with Crippen molar-refractivity contribution in [3.63, 3.8) is 0 Å². The van der Waals surface area contributed by atoms with Crippen LogP contribution in [0.15, 0.2) is 21.4 Å². The third kappa shape index (κ3) is 1.99. The molecule has 4 heteroatoms. The number of likely N-dealkylation sites (tertiary alicyclic amines) is 1. The van der Waals surface area contributed by atoms with E-state index in [9.17, 15) is 0 Å². The topological polar surface area (TPSA) is 40.2 Å². The highest BCUT2D eigenvalue weighted by Gasteiger charge is 2.24. The number of nitrogens with zero attached hydrogens (tertiary/aromatic N) is 2. The Balaban J connectivity index is 2.01. The molecule has 0 amide bonds. The Morgan fingerprint density at radius 3 is 3.21 bits per heavy atom. The van der Waals surface area contributed by atoms with Gasteiger partial charge < -0.3 is 4.42 Å². The van der Waals surface area contributed by atoms with Crippen LogP contribution < -0.4 is 0 Å². The second kappa shape index (κ2) is 4.16. The lowest BCUT2D eigenvalue weighted by Crippen LogP contribution is -2.27. The van der Waals surface area contributed by atoms with Gasteiger partial charge in [0.2, 0.25) is 0 Å². The van der Waals surface area contributed by atoms with E-state index >= 15 is 0 Å². The van der Waals surface area contributed by atoms with Crippen LogP contribution in [0.2, 0.25) is 0 Å². The van der Waals surface area contributed by atoms with Crippen LogP contribution in [0.3, 0.4) is 0 Å². The van der Waals surface area contributed by atoms with Crippen molar-refractivity contribution in [2.24, 2.45) is 0 Å². The molecule has 0 aromatic carbocycles. The molecule has 1 fully saturated rings. The van der Waals surface area contributed by atoms with Gasteiger partial charge in [0.25, 0.3) is 0 Å². The summed E-state index contributed by atoms with van der Waals surface area (Å²) in [4.78, 5) is 2.19.